The molecule has 30 heavy (non-hydrogen) atoms. The molecule has 0 aliphatic heterocycles. The van der Waals surface area contributed by atoms with E-state index in [0.29, 0.717) is 29.3 Å². The quantitative estimate of drug-likeness (QED) is 0.472. The summed E-state index contributed by atoms with van der Waals surface area (Å²) in [5, 5.41) is 11.7. The Morgan fingerprint density at radius 3 is 2.17 bits per heavy atom. The van der Waals surface area contributed by atoms with E-state index in [1.54, 1.807) is 24.3 Å². The van der Waals surface area contributed by atoms with E-state index in [1.807, 2.05) is 60.7 Å². The van der Waals surface area contributed by atoms with Gasteiger partial charge in [-0.25, -0.2) is 4.98 Å². The van der Waals surface area contributed by atoms with E-state index in [-0.39, 0.29) is 12.3 Å². The summed E-state index contributed by atoms with van der Waals surface area (Å²) in [6.07, 6.45) is 0.623. The molecule has 5 heteroatoms. The highest BCUT2D eigenvalue weighted by atomic mass is 16.4. The third-order valence-corrected chi connectivity index (χ3v) is 4.62. The summed E-state index contributed by atoms with van der Waals surface area (Å²) in [5.74, 6) is 1.08. The lowest BCUT2D eigenvalue weighted by Gasteiger charge is -2.04. The minimum absolute atomic E-state index is 0.138. The van der Waals surface area contributed by atoms with Gasteiger partial charge >= 0.3 is 0 Å². The smallest absolute Gasteiger partial charge is 0.224 e. The summed E-state index contributed by atoms with van der Waals surface area (Å²) in [6, 6.07) is 28.5. The van der Waals surface area contributed by atoms with Crippen molar-refractivity contribution in [3.63, 3.8) is 0 Å². The molecule has 5 nitrogen and oxygen atoms in total. The van der Waals surface area contributed by atoms with Crippen molar-refractivity contribution in [2.75, 3.05) is 5.32 Å². The monoisotopic (exact) mass is 393 g/mol. The van der Waals surface area contributed by atoms with Gasteiger partial charge in [-0.05, 0) is 24.3 Å². The summed E-state index contributed by atoms with van der Waals surface area (Å²) < 4.78 is 6.06. The summed E-state index contributed by atoms with van der Waals surface area (Å²) in [5.41, 5.74) is 3.88. The molecular weight excluding hydrogens is 374 g/mol. The minimum Gasteiger partial charge on any atom is -0.440 e. The number of oxazole rings is 1. The maximum absolute atomic E-state index is 12.3. The molecule has 1 heterocycles. The molecule has 1 N–H and O–H groups in total. The van der Waals surface area contributed by atoms with E-state index in [9.17, 15) is 4.79 Å². The molecule has 0 aliphatic carbocycles. The van der Waals surface area contributed by atoms with Crippen molar-refractivity contribution in [2.45, 2.75) is 12.8 Å². The van der Waals surface area contributed by atoms with E-state index in [0.717, 1.165) is 16.8 Å². The Hall–Kier alpha value is -4.17. The Bertz CT molecular complexity index is 1120. The molecule has 0 spiro atoms. The highest BCUT2D eigenvalue weighted by Gasteiger charge is 2.17. The average Bonchev–Trinajstić information content (AvgIpc) is 3.24. The van der Waals surface area contributed by atoms with E-state index < -0.39 is 0 Å². The topological polar surface area (TPSA) is 78.9 Å². The molecule has 0 aliphatic rings. The number of rotatable bonds is 6. The van der Waals surface area contributed by atoms with Crippen LogP contribution in [0.3, 0.4) is 0 Å². The molecule has 0 fully saturated rings. The first-order chi connectivity index (χ1) is 14.7. The van der Waals surface area contributed by atoms with Gasteiger partial charge in [-0.3, -0.25) is 4.79 Å². The number of aromatic nitrogens is 1. The van der Waals surface area contributed by atoms with Crippen LogP contribution < -0.4 is 5.32 Å². The van der Waals surface area contributed by atoms with Crippen molar-refractivity contribution in [1.29, 1.82) is 5.26 Å². The van der Waals surface area contributed by atoms with Gasteiger partial charge in [-0.2, -0.15) is 5.26 Å². The van der Waals surface area contributed by atoms with Gasteiger partial charge in [-0.1, -0.05) is 60.7 Å². The first-order valence-electron chi connectivity index (χ1n) is 9.63. The van der Waals surface area contributed by atoms with Gasteiger partial charge in [0.25, 0.3) is 0 Å². The SMILES string of the molecule is N#Cc1ccc(NC(=O)CCc2nc(-c3ccccc3)c(-c3ccccc3)o2)cc1. The van der Waals surface area contributed by atoms with Gasteiger partial charge in [0.1, 0.15) is 5.69 Å². The Morgan fingerprint density at radius 1 is 0.900 bits per heavy atom. The number of nitrogens with one attached hydrogen (secondary N) is 1. The van der Waals surface area contributed by atoms with Gasteiger partial charge in [0.15, 0.2) is 11.7 Å². The number of amides is 1. The Morgan fingerprint density at radius 2 is 1.53 bits per heavy atom. The fourth-order valence-electron chi connectivity index (χ4n) is 3.12. The first kappa shape index (κ1) is 19.2. The second kappa shape index (κ2) is 8.89. The third kappa shape index (κ3) is 4.45. The fraction of sp³-hybridized carbons (Fsp3) is 0.0800. The number of hydrogen-bond acceptors (Lipinski definition) is 4. The lowest BCUT2D eigenvalue weighted by atomic mass is 10.1. The van der Waals surface area contributed by atoms with Crippen molar-refractivity contribution < 1.29 is 9.21 Å². The molecule has 0 radical (unpaired) electrons. The van der Waals surface area contributed by atoms with E-state index in [2.05, 4.69) is 16.4 Å². The number of carbonyl (C=O) groups excluding carboxylic acids is 1. The Balaban J connectivity index is 1.51. The van der Waals surface area contributed by atoms with Crippen molar-refractivity contribution in [3.05, 3.63) is 96.4 Å². The average molecular weight is 393 g/mol. The normalized spacial score (nSPS) is 10.4. The predicted octanol–water partition coefficient (Wildman–Crippen LogP) is 5.45. The van der Waals surface area contributed by atoms with Gasteiger partial charge < -0.3 is 9.73 Å². The number of carbonyl (C=O) groups is 1. The summed E-state index contributed by atoms with van der Waals surface area (Å²) in [6.45, 7) is 0. The fourth-order valence-corrected chi connectivity index (χ4v) is 3.12. The third-order valence-electron chi connectivity index (χ3n) is 4.62. The zero-order valence-electron chi connectivity index (χ0n) is 16.2. The van der Waals surface area contributed by atoms with Crippen molar-refractivity contribution in [3.8, 4) is 28.7 Å². The van der Waals surface area contributed by atoms with E-state index >= 15 is 0 Å². The van der Waals surface area contributed by atoms with Crippen molar-refractivity contribution >= 4 is 11.6 Å². The van der Waals surface area contributed by atoms with E-state index in [4.69, 9.17) is 9.68 Å². The van der Waals surface area contributed by atoms with Crippen molar-refractivity contribution in [1.82, 2.24) is 4.98 Å². The minimum atomic E-state index is -0.138. The second-order valence-corrected chi connectivity index (χ2v) is 6.75. The molecule has 0 unspecified atom stereocenters. The number of aryl methyl sites for hydroxylation is 1. The largest absolute Gasteiger partial charge is 0.440 e. The van der Waals surface area contributed by atoms with Crippen molar-refractivity contribution in [2.24, 2.45) is 0 Å². The number of nitriles is 1. The van der Waals surface area contributed by atoms with Crippen LogP contribution in [0.4, 0.5) is 5.69 Å². The van der Waals surface area contributed by atoms with Crippen LogP contribution in [0.25, 0.3) is 22.6 Å². The Kier molecular flexibility index (Phi) is 5.68. The van der Waals surface area contributed by atoms with E-state index in [1.165, 1.54) is 0 Å². The number of benzene rings is 3. The number of hydrogen-bond donors (Lipinski definition) is 1. The number of nitrogens with zero attached hydrogens (tertiary/aromatic N) is 2. The van der Waals surface area contributed by atoms with Crippen LogP contribution in [-0.2, 0) is 11.2 Å². The van der Waals surface area contributed by atoms with Crippen LogP contribution in [0.5, 0.6) is 0 Å². The van der Waals surface area contributed by atoms with Crippen LogP contribution >= 0.6 is 0 Å². The highest BCUT2D eigenvalue weighted by molar-refractivity contribution is 5.90. The lowest BCUT2D eigenvalue weighted by molar-refractivity contribution is -0.116. The highest BCUT2D eigenvalue weighted by Crippen LogP contribution is 2.32. The molecule has 146 valence electrons. The first-order valence-corrected chi connectivity index (χ1v) is 9.63. The van der Waals surface area contributed by atoms with Gasteiger partial charge in [0.05, 0.1) is 11.6 Å². The van der Waals surface area contributed by atoms with Crippen LogP contribution in [0.15, 0.2) is 89.3 Å². The van der Waals surface area contributed by atoms with Crippen LogP contribution in [0.2, 0.25) is 0 Å². The number of anilines is 1. The van der Waals surface area contributed by atoms with Gasteiger partial charge in [-0.15, -0.1) is 0 Å². The maximum Gasteiger partial charge on any atom is 0.224 e. The molecule has 3 aromatic carbocycles. The van der Waals surface area contributed by atoms with Crippen LogP contribution in [0.1, 0.15) is 17.9 Å². The molecule has 0 atom stereocenters. The maximum atomic E-state index is 12.3. The van der Waals surface area contributed by atoms with Crippen LogP contribution in [-0.4, -0.2) is 10.9 Å². The standard InChI is InChI=1S/C25H19N3O2/c26-17-18-11-13-21(14-12-18)27-22(29)15-16-23-28-24(19-7-3-1-4-8-19)25(30-23)20-9-5-2-6-10-20/h1-14H,15-16H2,(H,27,29). The van der Waals surface area contributed by atoms with Gasteiger partial charge in [0.2, 0.25) is 5.91 Å². The van der Waals surface area contributed by atoms with Gasteiger partial charge in [0, 0.05) is 29.7 Å². The molecular formula is C25H19N3O2. The molecule has 1 amide bonds. The molecule has 4 rings (SSSR count). The zero-order chi connectivity index (χ0) is 20.8. The lowest BCUT2D eigenvalue weighted by Crippen LogP contribution is -2.12. The molecule has 0 saturated carbocycles. The molecule has 0 bridgehead atoms. The summed E-state index contributed by atoms with van der Waals surface area (Å²) in [4.78, 5) is 17.0. The Labute approximate surface area is 174 Å². The molecule has 1 aromatic heterocycles. The predicted molar refractivity (Wildman–Crippen MR) is 115 cm³/mol. The van der Waals surface area contributed by atoms with Crippen LogP contribution in [0, 0.1) is 11.3 Å². The summed E-state index contributed by atoms with van der Waals surface area (Å²) in [7, 11) is 0. The second-order valence-electron chi connectivity index (χ2n) is 6.75. The zero-order valence-corrected chi connectivity index (χ0v) is 16.2. The summed E-state index contributed by atoms with van der Waals surface area (Å²) >= 11 is 0. The molecule has 0 saturated heterocycles. The molecule has 4 aromatic rings.